The molecule has 0 atom stereocenters. The summed E-state index contributed by atoms with van der Waals surface area (Å²) < 4.78 is 246. The first-order valence-corrected chi connectivity index (χ1v) is 16.3. The van der Waals surface area contributed by atoms with Gasteiger partial charge in [0.05, 0.1) is 0 Å². The van der Waals surface area contributed by atoms with Crippen molar-refractivity contribution in [2.45, 2.75) is 37.1 Å². The molecule has 0 amide bonds. The average Bonchev–Trinajstić information content (AvgIpc) is 3.91. The quantitative estimate of drug-likeness (QED) is 0.181. The van der Waals surface area contributed by atoms with E-state index in [2.05, 4.69) is 44.9 Å². The third-order valence-corrected chi connectivity index (χ3v) is 8.20. The van der Waals surface area contributed by atoms with Crippen molar-refractivity contribution in [3.63, 3.8) is 0 Å². The normalized spacial score (nSPS) is 18.5. The molecule has 0 unspecified atom stereocenters. The van der Waals surface area contributed by atoms with Crippen LogP contribution in [0.25, 0.3) is 16.7 Å². The van der Waals surface area contributed by atoms with Crippen LogP contribution in [0.2, 0.25) is 0 Å². The van der Waals surface area contributed by atoms with Crippen LogP contribution in [0.5, 0.6) is 0 Å². The fourth-order valence-corrected chi connectivity index (χ4v) is 5.56. The van der Waals surface area contributed by atoms with Gasteiger partial charge in [0, 0.05) is 0 Å². The van der Waals surface area contributed by atoms with Gasteiger partial charge in [0.15, 0.2) is 104 Å². The standard InChI is InChI=1S/C30H6F18N18/c31-25(32,33)7-8(26(34,35)36)53-20-19(52-7)61-16(62-20)4(1-49)13-58-14(5(2-50)17-63-21-22(64-17)55-10(28(40,41)42)9(54-21)27(37,38)39)60-15(59-13)6(3-51)18-65-23-24(66-18)57-12(30(46,47)48)11(56-23)29(43,44)45/h(H,52,61)(H,53,62)(H,54,63)(H,55,64)(H,56,65)(H,57,66). The summed E-state index contributed by atoms with van der Waals surface area (Å²) in [6.07, 6.45) is -34.4. The number of amidine groups is 6. The number of nitrogens with one attached hydrogen (secondary N) is 6. The molecule has 0 spiro atoms. The second-order valence-corrected chi connectivity index (χ2v) is 12.5. The smallest absolute Gasteiger partial charge is 0.331 e. The zero-order valence-corrected chi connectivity index (χ0v) is 30.2. The van der Waals surface area contributed by atoms with Crippen LogP contribution in [0.1, 0.15) is 17.5 Å². The minimum Gasteiger partial charge on any atom is -0.331 e. The van der Waals surface area contributed by atoms with Gasteiger partial charge in [-0.2, -0.15) is 94.8 Å². The number of hydrogen-bond donors (Lipinski definition) is 6. The highest BCUT2D eigenvalue weighted by Gasteiger charge is 2.53. The number of hydrogen-bond acceptors (Lipinski definition) is 18. The molecule has 6 aliphatic rings. The molecule has 0 saturated carbocycles. The number of rotatable bonds is 3. The number of alkyl halides is 18. The van der Waals surface area contributed by atoms with Crippen LogP contribution in [0.15, 0.2) is 81.6 Å². The maximum atomic E-state index is 13.6. The van der Waals surface area contributed by atoms with E-state index < -0.39 is 158 Å². The zero-order valence-electron chi connectivity index (χ0n) is 30.2. The van der Waals surface area contributed by atoms with E-state index in [1.165, 1.54) is 50.1 Å². The Balaban J connectivity index is 1.43. The van der Waals surface area contributed by atoms with Crippen molar-refractivity contribution in [2.24, 2.45) is 30.0 Å². The summed E-state index contributed by atoms with van der Waals surface area (Å²) in [7, 11) is 0. The first-order valence-electron chi connectivity index (χ1n) is 16.3. The van der Waals surface area contributed by atoms with Crippen molar-refractivity contribution in [2.75, 3.05) is 0 Å². The van der Waals surface area contributed by atoms with Crippen molar-refractivity contribution >= 4 is 51.7 Å². The molecule has 18 nitrogen and oxygen atoms in total. The summed E-state index contributed by atoms with van der Waals surface area (Å²) in [6.45, 7) is 0. The molecule has 0 aromatic carbocycles. The number of nitrogens with zero attached hydrogens (tertiary/aromatic N) is 12. The van der Waals surface area contributed by atoms with Crippen LogP contribution in [0.3, 0.4) is 0 Å². The lowest BCUT2D eigenvalue weighted by Crippen LogP contribution is -2.51. The van der Waals surface area contributed by atoms with Crippen LogP contribution < -0.4 is 31.9 Å². The second-order valence-electron chi connectivity index (χ2n) is 12.5. The molecule has 0 saturated heterocycles. The lowest BCUT2D eigenvalue weighted by molar-refractivity contribution is -0.120. The number of aliphatic imine (C=N–C) groups is 6. The van der Waals surface area contributed by atoms with E-state index in [0.29, 0.717) is 0 Å². The van der Waals surface area contributed by atoms with Gasteiger partial charge >= 0.3 is 37.1 Å². The van der Waals surface area contributed by atoms with E-state index in [9.17, 15) is 94.8 Å². The Kier molecular flexibility index (Phi) is 10.2. The van der Waals surface area contributed by atoms with E-state index in [4.69, 9.17) is 0 Å². The topological polar surface area (TPSA) is 256 Å². The maximum Gasteiger partial charge on any atom is 0.433 e. The highest BCUT2D eigenvalue weighted by Crippen LogP contribution is 2.40. The van der Waals surface area contributed by atoms with Gasteiger partial charge in [-0.3, -0.25) is 0 Å². The molecule has 7 rings (SSSR count). The van der Waals surface area contributed by atoms with Crippen molar-refractivity contribution < 1.29 is 79.0 Å². The Bertz CT molecular complexity index is 2490. The molecule has 6 aliphatic heterocycles. The largest absolute Gasteiger partial charge is 0.433 e. The molecule has 0 radical (unpaired) electrons. The van der Waals surface area contributed by atoms with E-state index in [1.807, 2.05) is 0 Å². The minimum absolute atomic E-state index is 1.12. The van der Waals surface area contributed by atoms with Crippen LogP contribution in [0.4, 0.5) is 79.0 Å². The van der Waals surface area contributed by atoms with Gasteiger partial charge in [-0.15, -0.1) is 0 Å². The SMILES string of the molecule is N#CC(=C1N=C2NC(C(F)(F)F)=C(C(F)(F)F)NC2=N1)c1nc(C(C#N)=C2N=C3NC(C(F)(F)F)=C(C(F)(F)F)NC3=N2)nc(C(C#N)=C2N=C3NC(C(F)(F)F)=C(C(F)(F)F)NC3=N2)n1. The first kappa shape index (κ1) is 45.5. The van der Waals surface area contributed by atoms with Gasteiger partial charge < -0.3 is 31.9 Å². The number of allylic oxidation sites excluding steroid dienone is 9. The zero-order chi connectivity index (χ0) is 48.9. The molecule has 0 bridgehead atoms. The van der Waals surface area contributed by atoms with Gasteiger partial charge in [0.2, 0.25) is 0 Å². The Morgan fingerprint density at radius 1 is 0.303 bits per heavy atom. The van der Waals surface area contributed by atoms with Crippen molar-refractivity contribution in [1.29, 1.82) is 15.8 Å². The average molecular weight is 960 g/mol. The van der Waals surface area contributed by atoms with Crippen LogP contribution >= 0.6 is 0 Å². The predicted octanol–water partition coefficient (Wildman–Crippen LogP) is 4.47. The lowest BCUT2D eigenvalue weighted by Gasteiger charge is -2.26. The summed E-state index contributed by atoms with van der Waals surface area (Å²) in [5, 5.41) is 38.6. The number of halogens is 18. The highest BCUT2D eigenvalue weighted by atomic mass is 19.4. The summed E-state index contributed by atoms with van der Waals surface area (Å²) in [5.74, 6) is -13.9. The molecule has 1 aromatic heterocycles. The van der Waals surface area contributed by atoms with E-state index in [1.54, 1.807) is 0 Å². The van der Waals surface area contributed by atoms with Gasteiger partial charge in [0.1, 0.15) is 34.9 Å². The fourth-order valence-electron chi connectivity index (χ4n) is 5.56. The van der Waals surface area contributed by atoms with Gasteiger partial charge in [0.25, 0.3) is 0 Å². The molecule has 0 aliphatic carbocycles. The molecule has 7 heterocycles. The van der Waals surface area contributed by atoms with Gasteiger partial charge in [-0.25, -0.2) is 44.9 Å². The number of aromatic nitrogens is 3. The van der Waals surface area contributed by atoms with Crippen LogP contribution in [-0.2, 0) is 0 Å². The molecule has 6 N–H and O–H groups in total. The Morgan fingerprint density at radius 2 is 0.455 bits per heavy atom. The van der Waals surface area contributed by atoms with Gasteiger partial charge in [-0.05, 0) is 0 Å². The molecular weight excluding hydrogens is 954 g/mol. The highest BCUT2D eigenvalue weighted by molar-refractivity contribution is 6.45. The molecular formula is C30H6F18N18. The van der Waals surface area contributed by atoms with E-state index >= 15 is 0 Å². The predicted molar refractivity (Wildman–Crippen MR) is 178 cm³/mol. The molecule has 0 fully saturated rings. The Morgan fingerprint density at radius 3 is 0.576 bits per heavy atom. The fraction of sp³-hybridized carbons (Fsp3) is 0.200. The lowest BCUT2D eigenvalue weighted by atomic mass is 10.2. The van der Waals surface area contributed by atoms with Crippen LogP contribution in [0, 0.1) is 34.0 Å². The van der Waals surface area contributed by atoms with Crippen molar-refractivity contribution in [3.8, 4) is 18.2 Å². The Labute approximate surface area is 348 Å². The molecule has 342 valence electrons. The molecule has 36 heteroatoms. The first-order chi connectivity index (χ1) is 30.3. The molecule has 1 aromatic rings. The number of fused-ring (bicyclic) bond motifs is 3. The van der Waals surface area contributed by atoms with E-state index in [0.717, 1.165) is 0 Å². The third-order valence-electron chi connectivity index (χ3n) is 8.20. The molecule has 66 heavy (non-hydrogen) atoms. The minimum atomic E-state index is -5.74. The Hall–Kier alpha value is -8.52. The summed E-state index contributed by atoms with van der Waals surface area (Å²) >= 11 is 0. The monoisotopic (exact) mass is 960 g/mol. The number of nitriles is 3. The second kappa shape index (κ2) is 14.8. The van der Waals surface area contributed by atoms with Crippen LogP contribution in [-0.4, -0.2) is 87.0 Å². The summed E-state index contributed by atoms with van der Waals surface area (Å²) in [6, 6.07) is 3.99. The summed E-state index contributed by atoms with van der Waals surface area (Å²) in [4.78, 5) is 32.4. The third kappa shape index (κ3) is 8.23. The summed E-state index contributed by atoms with van der Waals surface area (Å²) in [5.41, 5.74) is -18.3. The van der Waals surface area contributed by atoms with Crippen molar-refractivity contribution in [3.05, 3.63) is 69.1 Å². The van der Waals surface area contributed by atoms with Crippen molar-refractivity contribution in [1.82, 2.24) is 46.9 Å². The van der Waals surface area contributed by atoms with E-state index in [-0.39, 0.29) is 0 Å². The van der Waals surface area contributed by atoms with Gasteiger partial charge in [-0.1, -0.05) is 0 Å². The maximum absolute atomic E-state index is 13.6.